The van der Waals surface area contributed by atoms with Crippen molar-refractivity contribution in [2.24, 2.45) is 5.73 Å². The first kappa shape index (κ1) is 8.27. The van der Waals surface area contributed by atoms with Gasteiger partial charge in [-0.3, -0.25) is 0 Å². The van der Waals surface area contributed by atoms with Crippen LogP contribution < -0.4 is 5.73 Å². The van der Waals surface area contributed by atoms with E-state index >= 15 is 0 Å². The summed E-state index contributed by atoms with van der Waals surface area (Å²) >= 11 is 1.94. The van der Waals surface area contributed by atoms with Crippen LogP contribution in [0, 0.1) is 13.8 Å². The van der Waals surface area contributed by atoms with Crippen LogP contribution in [-0.4, -0.2) is 6.04 Å². The van der Waals surface area contributed by atoms with Crippen LogP contribution in [0.2, 0.25) is 0 Å². The van der Waals surface area contributed by atoms with E-state index in [2.05, 4.69) is 13.8 Å². The van der Waals surface area contributed by atoms with Gasteiger partial charge in [0.05, 0.1) is 0 Å². The molecule has 1 aliphatic rings. The van der Waals surface area contributed by atoms with Crippen molar-refractivity contribution in [1.29, 1.82) is 0 Å². The van der Waals surface area contributed by atoms with Crippen molar-refractivity contribution < 1.29 is 0 Å². The van der Waals surface area contributed by atoms with Gasteiger partial charge in [-0.25, -0.2) is 0 Å². The lowest BCUT2D eigenvalue weighted by molar-refractivity contribution is 0.582. The Morgan fingerprint density at radius 2 is 2.17 bits per heavy atom. The van der Waals surface area contributed by atoms with E-state index in [9.17, 15) is 0 Å². The Hall–Kier alpha value is -0.340. The van der Waals surface area contributed by atoms with Gasteiger partial charge >= 0.3 is 0 Å². The molecule has 0 radical (unpaired) electrons. The summed E-state index contributed by atoms with van der Waals surface area (Å²) in [7, 11) is 0. The fraction of sp³-hybridized carbons (Fsp3) is 0.600. The van der Waals surface area contributed by atoms with E-state index < -0.39 is 0 Å². The Morgan fingerprint density at radius 1 is 1.42 bits per heavy atom. The molecule has 1 nitrogen and oxygen atoms in total. The molecule has 0 aromatic carbocycles. The zero-order chi connectivity index (χ0) is 8.72. The summed E-state index contributed by atoms with van der Waals surface area (Å²) in [6, 6.07) is 0.412. The molecule has 66 valence electrons. The minimum Gasteiger partial charge on any atom is -0.327 e. The highest BCUT2D eigenvalue weighted by molar-refractivity contribution is 7.12. The Morgan fingerprint density at radius 3 is 2.92 bits per heavy atom. The Balaban J connectivity index is 2.43. The first-order valence-electron chi connectivity index (χ1n) is 4.52. The van der Waals surface area contributed by atoms with Gasteiger partial charge in [0, 0.05) is 15.8 Å². The monoisotopic (exact) mass is 181 g/mol. The molecule has 2 heteroatoms. The van der Waals surface area contributed by atoms with Gasteiger partial charge in [-0.05, 0) is 44.2 Å². The molecule has 0 saturated heterocycles. The van der Waals surface area contributed by atoms with Gasteiger partial charge in [0.15, 0.2) is 0 Å². The fourth-order valence-electron chi connectivity index (χ4n) is 1.91. The van der Waals surface area contributed by atoms with Gasteiger partial charge in [-0.15, -0.1) is 11.3 Å². The summed E-state index contributed by atoms with van der Waals surface area (Å²) in [5.74, 6) is 0. The Labute approximate surface area is 77.6 Å². The highest BCUT2D eigenvalue weighted by Gasteiger charge is 2.19. The maximum atomic E-state index is 5.92. The second-order valence-corrected chi connectivity index (χ2v) is 5.00. The van der Waals surface area contributed by atoms with E-state index in [0.29, 0.717) is 6.04 Å². The van der Waals surface area contributed by atoms with Gasteiger partial charge in [0.2, 0.25) is 0 Å². The van der Waals surface area contributed by atoms with Gasteiger partial charge in [0.1, 0.15) is 0 Å². The number of rotatable bonds is 0. The topological polar surface area (TPSA) is 26.0 Å². The zero-order valence-electron chi connectivity index (χ0n) is 7.68. The maximum absolute atomic E-state index is 5.92. The average Bonchev–Trinajstić information content (AvgIpc) is 2.28. The normalized spacial score (nSPS) is 22.4. The summed E-state index contributed by atoms with van der Waals surface area (Å²) in [6.45, 7) is 4.45. The number of aryl methyl sites for hydroxylation is 1. The smallest absolute Gasteiger partial charge is 0.00982 e. The number of hydrogen-bond acceptors (Lipinski definition) is 2. The Bertz CT molecular complexity index is 301. The molecule has 0 spiro atoms. The van der Waals surface area contributed by atoms with Crippen LogP contribution in [0.5, 0.6) is 0 Å². The second kappa shape index (κ2) is 2.86. The molecular weight excluding hydrogens is 166 g/mol. The van der Waals surface area contributed by atoms with E-state index in [0.717, 1.165) is 6.42 Å². The largest absolute Gasteiger partial charge is 0.327 e. The minimum absolute atomic E-state index is 0.412. The third kappa shape index (κ3) is 1.19. The van der Waals surface area contributed by atoms with Crippen molar-refractivity contribution in [1.82, 2.24) is 0 Å². The lowest BCUT2D eigenvalue weighted by atomic mass is 9.92. The van der Waals surface area contributed by atoms with Gasteiger partial charge < -0.3 is 5.73 Å². The van der Waals surface area contributed by atoms with Crippen molar-refractivity contribution in [3.05, 3.63) is 20.9 Å². The summed E-state index contributed by atoms with van der Waals surface area (Å²) in [4.78, 5) is 3.03. The van der Waals surface area contributed by atoms with E-state index in [1.54, 1.807) is 10.4 Å². The molecule has 0 saturated carbocycles. The predicted molar refractivity (Wildman–Crippen MR) is 53.8 cm³/mol. The molecule has 1 aromatic heterocycles. The maximum Gasteiger partial charge on any atom is 0.00982 e. The molecule has 1 aromatic rings. The summed E-state index contributed by atoms with van der Waals surface area (Å²) in [5, 5.41) is 0. The van der Waals surface area contributed by atoms with Crippen molar-refractivity contribution >= 4 is 11.3 Å². The van der Waals surface area contributed by atoms with Crippen LogP contribution in [0.3, 0.4) is 0 Å². The van der Waals surface area contributed by atoms with Crippen molar-refractivity contribution in [3.8, 4) is 0 Å². The van der Waals surface area contributed by atoms with Crippen LogP contribution in [-0.2, 0) is 12.8 Å². The SMILES string of the molecule is Cc1sc2c(c1C)CCC(N)C2. The summed E-state index contributed by atoms with van der Waals surface area (Å²) in [6.07, 6.45) is 3.48. The van der Waals surface area contributed by atoms with Crippen LogP contribution in [0.1, 0.15) is 27.3 Å². The standard InChI is InChI=1S/C10H15NS/c1-6-7(2)12-10-5-8(11)3-4-9(6)10/h8H,3-5,11H2,1-2H3. The molecule has 1 unspecified atom stereocenters. The molecular formula is C10H15NS. The quantitative estimate of drug-likeness (QED) is 0.652. The molecule has 2 N–H and O–H groups in total. The van der Waals surface area contributed by atoms with Crippen LogP contribution in [0.4, 0.5) is 0 Å². The minimum atomic E-state index is 0.412. The molecule has 0 amide bonds. The van der Waals surface area contributed by atoms with Crippen molar-refractivity contribution in [2.75, 3.05) is 0 Å². The van der Waals surface area contributed by atoms with Gasteiger partial charge in [-0.1, -0.05) is 0 Å². The van der Waals surface area contributed by atoms with Crippen LogP contribution in [0.25, 0.3) is 0 Å². The number of hydrogen-bond donors (Lipinski definition) is 1. The van der Waals surface area contributed by atoms with E-state index in [1.165, 1.54) is 23.3 Å². The number of nitrogens with two attached hydrogens (primary N) is 1. The first-order chi connectivity index (χ1) is 5.68. The predicted octanol–water partition coefficient (Wildman–Crippen LogP) is 2.18. The molecule has 1 atom stereocenters. The van der Waals surface area contributed by atoms with Gasteiger partial charge in [0.25, 0.3) is 0 Å². The lowest BCUT2D eigenvalue weighted by Crippen LogP contribution is -2.26. The van der Waals surface area contributed by atoms with Gasteiger partial charge in [-0.2, -0.15) is 0 Å². The van der Waals surface area contributed by atoms with Crippen LogP contribution in [0.15, 0.2) is 0 Å². The third-order valence-electron chi connectivity index (χ3n) is 2.81. The molecule has 2 rings (SSSR count). The zero-order valence-corrected chi connectivity index (χ0v) is 8.50. The summed E-state index contributed by atoms with van der Waals surface area (Å²) in [5.41, 5.74) is 9.03. The third-order valence-corrected chi connectivity index (χ3v) is 4.08. The van der Waals surface area contributed by atoms with E-state index in [1.807, 2.05) is 11.3 Å². The van der Waals surface area contributed by atoms with Crippen molar-refractivity contribution in [3.63, 3.8) is 0 Å². The second-order valence-electron chi connectivity index (χ2n) is 3.69. The molecule has 0 bridgehead atoms. The van der Waals surface area contributed by atoms with Crippen LogP contribution >= 0.6 is 11.3 Å². The summed E-state index contributed by atoms with van der Waals surface area (Å²) < 4.78 is 0. The molecule has 0 aliphatic heterocycles. The molecule has 1 aliphatic carbocycles. The highest BCUT2D eigenvalue weighted by atomic mass is 32.1. The first-order valence-corrected chi connectivity index (χ1v) is 5.33. The number of fused-ring (bicyclic) bond motifs is 1. The average molecular weight is 181 g/mol. The fourth-order valence-corrected chi connectivity index (χ4v) is 3.23. The lowest BCUT2D eigenvalue weighted by Gasteiger charge is -2.18. The van der Waals surface area contributed by atoms with E-state index in [4.69, 9.17) is 5.73 Å². The molecule has 12 heavy (non-hydrogen) atoms. The molecule has 1 heterocycles. The number of thiophene rings is 1. The Kier molecular flexibility index (Phi) is 1.97. The van der Waals surface area contributed by atoms with E-state index in [-0.39, 0.29) is 0 Å². The highest BCUT2D eigenvalue weighted by Crippen LogP contribution is 2.32. The van der Waals surface area contributed by atoms with Crippen molar-refractivity contribution in [2.45, 2.75) is 39.2 Å². The molecule has 0 fully saturated rings.